The molecule has 2 aromatic heterocycles. The molecular formula is C47H60FN11O5S. The lowest BCUT2D eigenvalue weighted by Gasteiger charge is -2.46. The van der Waals surface area contributed by atoms with Gasteiger partial charge in [-0.25, -0.2) is 22.6 Å². The van der Waals surface area contributed by atoms with Gasteiger partial charge >= 0.3 is 6.03 Å². The summed E-state index contributed by atoms with van der Waals surface area (Å²) in [7, 11) is -2.15. The number of sulfonamides is 1. The molecule has 6 atom stereocenters. The Hall–Kier alpha value is -5.20. The van der Waals surface area contributed by atoms with Crippen LogP contribution in [0.15, 0.2) is 53.6 Å². The number of carbonyl (C=O) groups is 3. The number of piperidine rings is 1. The molecule has 0 bridgehead atoms. The number of fused-ring (bicyclic) bond motifs is 3. The molecule has 5 fully saturated rings. The van der Waals surface area contributed by atoms with Gasteiger partial charge in [-0.2, -0.15) is 14.4 Å². The van der Waals surface area contributed by atoms with E-state index in [-0.39, 0.29) is 73.3 Å². The van der Waals surface area contributed by atoms with Crippen molar-refractivity contribution in [3.05, 3.63) is 59.8 Å². The average Bonchev–Trinajstić information content (AvgIpc) is 3.99. The number of aryl methyl sites for hydroxylation is 1. The van der Waals surface area contributed by atoms with Crippen LogP contribution in [0.4, 0.5) is 32.5 Å². The van der Waals surface area contributed by atoms with Gasteiger partial charge in [0.25, 0.3) is 0 Å². The number of imide groups is 1. The first-order valence-corrected chi connectivity index (χ1v) is 24.9. The van der Waals surface area contributed by atoms with Gasteiger partial charge in [-0.1, -0.05) is 45.7 Å². The topological polar surface area (TPSA) is 169 Å². The quantitative estimate of drug-likeness (QED) is 0.195. The Morgan fingerprint density at radius 2 is 1.77 bits per heavy atom. The predicted molar refractivity (Wildman–Crippen MR) is 246 cm³/mol. The molecule has 0 radical (unpaired) electrons. The molecule has 2 saturated carbocycles. The SMILES string of the molecule is CC(C)[C@@H]1CN([C@H](C)c2cccc(S(=O)(=O)N3CCC(Nc4ncc5c(n4)N([C@@H]4CCC[C@@H](C)C4)C(=O)C54CC4)[C@H](F)C3)c2)CCN1c1ccc2c(N3CCC(=O)NC3=O)nn(C)c2c1. The molecule has 4 aromatic rings. The van der Waals surface area contributed by atoms with Gasteiger partial charge in [0.15, 0.2) is 5.82 Å². The number of urea groups is 1. The third kappa shape index (κ3) is 7.72. The molecule has 65 heavy (non-hydrogen) atoms. The van der Waals surface area contributed by atoms with Gasteiger partial charge in [0, 0.05) is 93.7 Å². The van der Waals surface area contributed by atoms with Crippen LogP contribution in [0.1, 0.15) is 96.2 Å². The second-order valence-corrected chi connectivity index (χ2v) is 21.6. The first-order chi connectivity index (χ1) is 31.1. The Morgan fingerprint density at radius 3 is 2.51 bits per heavy atom. The van der Waals surface area contributed by atoms with Gasteiger partial charge < -0.3 is 10.2 Å². The van der Waals surface area contributed by atoms with Crippen LogP contribution >= 0.6 is 0 Å². The molecule has 2 aliphatic carbocycles. The minimum atomic E-state index is -4.01. The maximum atomic E-state index is 16.1. The second-order valence-electron chi connectivity index (χ2n) is 19.7. The van der Waals surface area contributed by atoms with E-state index in [4.69, 9.17) is 4.98 Å². The van der Waals surface area contributed by atoms with E-state index in [1.165, 1.54) is 9.21 Å². The van der Waals surface area contributed by atoms with Crippen molar-refractivity contribution < 1.29 is 27.2 Å². The molecule has 1 unspecified atom stereocenters. The summed E-state index contributed by atoms with van der Waals surface area (Å²) in [4.78, 5) is 56.0. The molecular weight excluding hydrogens is 850 g/mol. The van der Waals surface area contributed by atoms with Gasteiger partial charge in [0.2, 0.25) is 27.8 Å². The summed E-state index contributed by atoms with van der Waals surface area (Å²) in [6.07, 6.45) is 6.41. The fourth-order valence-electron chi connectivity index (χ4n) is 11.2. The van der Waals surface area contributed by atoms with Crippen LogP contribution < -0.4 is 25.3 Å². The number of amides is 4. The van der Waals surface area contributed by atoms with Crippen molar-refractivity contribution in [2.45, 2.75) is 120 Å². The first kappa shape index (κ1) is 43.7. The Morgan fingerprint density at radius 1 is 0.954 bits per heavy atom. The van der Waals surface area contributed by atoms with E-state index in [1.807, 2.05) is 24.1 Å². The molecule has 1 spiro atoms. The maximum Gasteiger partial charge on any atom is 0.329 e. The number of alkyl halides is 1. The van der Waals surface area contributed by atoms with Crippen molar-refractivity contribution in [1.29, 1.82) is 0 Å². The predicted octanol–water partition coefficient (Wildman–Crippen LogP) is 5.89. The van der Waals surface area contributed by atoms with Crippen molar-refractivity contribution in [1.82, 2.24) is 34.3 Å². The molecule has 3 saturated heterocycles. The molecule has 18 heteroatoms. The molecule has 346 valence electrons. The number of benzene rings is 2. The molecule has 10 rings (SSSR count). The van der Waals surface area contributed by atoms with Crippen LogP contribution in [0.25, 0.3) is 10.9 Å². The zero-order valence-electron chi connectivity index (χ0n) is 37.9. The lowest BCUT2D eigenvalue weighted by Crippen LogP contribution is -2.55. The van der Waals surface area contributed by atoms with Gasteiger partial charge in [-0.3, -0.25) is 34.3 Å². The van der Waals surface area contributed by atoms with Crippen molar-refractivity contribution >= 4 is 62.0 Å². The standard InChI is InChI=1S/C47H60FN11O5S/c1-28(2)40-27-55(20-21-57(40)32-12-13-35-39(24-32)54(5)53-42(35)58-19-15-41(60)51-46(58)62)30(4)31-9-7-11-34(23-31)65(63,64)56-18-14-38(37(48)26-56)50-45-49-25-36-43(52-45)59(44(61)47(36)16-17-47)33-10-6-8-29(3)22-33/h7,9,11-13,23-25,28-30,33,37-38,40H,6,8,10,14-22,26-27H2,1-5H3,(H,49,50,52)(H,51,60,62)/t29-,30-,33-,37-,38?,40+/m1/s1. The van der Waals surface area contributed by atoms with Crippen molar-refractivity contribution in [3.63, 3.8) is 0 Å². The first-order valence-electron chi connectivity index (χ1n) is 23.4. The maximum absolute atomic E-state index is 16.1. The molecule has 6 aliphatic rings. The van der Waals surface area contributed by atoms with Crippen molar-refractivity contribution in [2.24, 2.45) is 18.9 Å². The van der Waals surface area contributed by atoms with Crippen LogP contribution in [0, 0.1) is 11.8 Å². The highest BCUT2D eigenvalue weighted by molar-refractivity contribution is 7.89. The normalized spacial score (nSPS) is 26.8. The summed E-state index contributed by atoms with van der Waals surface area (Å²) in [5.74, 6) is 2.11. The van der Waals surface area contributed by atoms with Gasteiger partial charge in [0.1, 0.15) is 12.0 Å². The summed E-state index contributed by atoms with van der Waals surface area (Å²) in [5, 5.41) is 11.1. The molecule has 2 N–H and O–H groups in total. The van der Waals surface area contributed by atoms with E-state index in [0.29, 0.717) is 23.5 Å². The zero-order chi connectivity index (χ0) is 45.5. The smallest absolute Gasteiger partial charge is 0.329 e. The van der Waals surface area contributed by atoms with Gasteiger partial charge in [0.05, 0.1) is 21.9 Å². The largest absolute Gasteiger partial charge is 0.366 e. The lowest BCUT2D eigenvalue weighted by molar-refractivity contribution is -0.121. The third-order valence-electron chi connectivity index (χ3n) is 15.2. The highest BCUT2D eigenvalue weighted by Crippen LogP contribution is 2.58. The highest BCUT2D eigenvalue weighted by Gasteiger charge is 2.61. The summed E-state index contributed by atoms with van der Waals surface area (Å²) in [5.41, 5.74) is 3.17. The number of carbonyl (C=O) groups excluding carboxylic acids is 3. The van der Waals surface area contributed by atoms with E-state index >= 15 is 4.39 Å². The monoisotopic (exact) mass is 909 g/mol. The summed E-state index contributed by atoms with van der Waals surface area (Å²) in [6, 6.07) is 12.3. The minimum absolute atomic E-state index is 0.0862. The Bertz CT molecular complexity index is 2650. The Kier molecular flexibility index (Phi) is 11.2. The van der Waals surface area contributed by atoms with E-state index in [1.54, 1.807) is 29.1 Å². The number of anilines is 4. The molecule has 2 aromatic carbocycles. The highest BCUT2D eigenvalue weighted by atomic mass is 32.2. The number of halogens is 1. The van der Waals surface area contributed by atoms with Crippen LogP contribution in [0.5, 0.6) is 0 Å². The minimum Gasteiger partial charge on any atom is -0.366 e. The van der Waals surface area contributed by atoms with E-state index in [2.05, 4.69) is 70.3 Å². The number of aromatic nitrogens is 4. The summed E-state index contributed by atoms with van der Waals surface area (Å²) < 4.78 is 47.5. The number of piperazine rings is 1. The fourth-order valence-corrected chi connectivity index (χ4v) is 12.7. The van der Waals surface area contributed by atoms with Crippen molar-refractivity contribution in [3.8, 4) is 0 Å². The number of rotatable bonds is 10. The second kappa shape index (κ2) is 16.6. The Labute approximate surface area is 379 Å². The molecule has 6 heterocycles. The molecule has 16 nitrogen and oxygen atoms in total. The third-order valence-corrected chi connectivity index (χ3v) is 17.0. The van der Waals surface area contributed by atoms with Gasteiger partial charge in [-0.05, 0) is 86.8 Å². The summed E-state index contributed by atoms with van der Waals surface area (Å²) in [6.45, 7) is 11.1. The van der Waals surface area contributed by atoms with Gasteiger partial charge in [-0.15, -0.1) is 0 Å². The number of nitrogens with one attached hydrogen (secondary N) is 2. The number of hydrogen-bond acceptors (Lipinski definition) is 11. The number of nitrogens with zero attached hydrogens (tertiary/aromatic N) is 9. The summed E-state index contributed by atoms with van der Waals surface area (Å²) >= 11 is 0. The average molecular weight is 910 g/mol. The van der Waals surface area contributed by atoms with E-state index < -0.39 is 33.7 Å². The van der Waals surface area contributed by atoms with Crippen molar-refractivity contribution in [2.75, 3.05) is 59.3 Å². The van der Waals surface area contributed by atoms with Crippen LogP contribution in [-0.2, 0) is 32.1 Å². The number of hydrogen-bond donors (Lipinski definition) is 2. The van der Waals surface area contributed by atoms with E-state index in [0.717, 1.165) is 85.9 Å². The fraction of sp³-hybridized carbons (Fsp3) is 0.574. The van der Waals surface area contributed by atoms with Crippen LogP contribution in [0.2, 0.25) is 0 Å². The van der Waals surface area contributed by atoms with E-state index in [9.17, 15) is 22.8 Å². The van der Waals surface area contributed by atoms with Crippen LogP contribution in [0.3, 0.4) is 0 Å². The molecule has 4 amide bonds. The Balaban J connectivity index is 0.797. The lowest BCUT2D eigenvalue weighted by atomic mass is 9.86. The van der Waals surface area contributed by atoms with Crippen LogP contribution in [-0.4, -0.2) is 119 Å². The zero-order valence-corrected chi connectivity index (χ0v) is 38.7. The molecule has 4 aliphatic heterocycles.